The molecule has 3 aromatic rings. The lowest BCUT2D eigenvalue weighted by molar-refractivity contribution is -0.121. The zero-order chi connectivity index (χ0) is 27.7. The van der Waals surface area contributed by atoms with Gasteiger partial charge in [0.25, 0.3) is 0 Å². The summed E-state index contributed by atoms with van der Waals surface area (Å²) in [5.41, 5.74) is 9.70. The van der Waals surface area contributed by atoms with Crippen LogP contribution in [0.2, 0.25) is 0 Å². The molecule has 11 heteroatoms. The van der Waals surface area contributed by atoms with Gasteiger partial charge >= 0.3 is 0 Å². The van der Waals surface area contributed by atoms with Gasteiger partial charge in [-0.25, -0.2) is 9.97 Å². The zero-order valence-corrected chi connectivity index (χ0v) is 22.8. The Hall–Kier alpha value is -4.01. The van der Waals surface area contributed by atoms with E-state index in [9.17, 15) is 14.9 Å². The standard InChI is InChI=1S/C27H32N8O2S/c1-17(14-24(37)30-12-13-35(3)4)23-7-5-6-21(32-23)16-38-27-33-25(22(15-28)26(29)34-27)19-8-10-20(11-9-19)31-18(2)36/h5-11,17H,12-14,16H2,1-4H3,(H,30,37)(H,31,36)(H2,29,33,34). The van der Waals surface area contributed by atoms with E-state index in [1.54, 1.807) is 24.3 Å². The van der Waals surface area contributed by atoms with Crippen molar-refractivity contribution >= 4 is 35.1 Å². The van der Waals surface area contributed by atoms with Crippen LogP contribution in [-0.4, -0.2) is 58.9 Å². The Morgan fingerprint density at radius 3 is 2.53 bits per heavy atom. The molecule has 0 aliphatic rings. The number of likely N-dealkylation sites (N-methyl/N-ethyl adjacent to an activating group) is 1. The molecule has 1 atom stereocenters. The van der Waals surface area contributed by atoms with Crippen molar-refractivity contribution in [3.63, 3.8) is 0 Å². The first kappa shape index (κ1) is 28.6. The fourth-order valence-electron chi connectivity index (χ4n) is 3.62. The molecule has 2 aromatic heterocycles. The summed E-state index contributed by atoms with van der Waals surface area (Å²) in [5, 5.41) is 15.7. The van der Waals surface area contributed by atoms with Crippen LogP contribution in [0, 0.1) is 11.3 Å². The van der Waals surface area contributed by atoms with Gasteiger partial charge in [0.2, 0.25) is 11.8 Å². The molecule has 38 heavy (non-hydrogen) atoms. The Kier molecular flexibility index (Phi) is 10.2. The highest BCUT2D eigenvalue weighted by Crippen LogP contribution is 2.29. The van der Waals surface area contributed by atoms with Gasteiger partial charge < -0.3 is 21.3 Å². The third-order valence-corrected chi connectivity index (χ3v) is 6.44. The molecule has 2 heterocycles. The molecule has 10 nitrogen and oxygen atoms in total. The summed E-state index contributed by atoms with van der Waals surface area (Å²) in [6.45, 7) is 4.82. The van der Waals surface area contributed by atoms with Crippen molar-refractivity contribution in [2.24, 2.45) is 0 Å². The van der Waals surface area contributed by atoms with Crippen LogP contribution in [0.15, 0.2) is 47.6 Å². The Morgan fingerprint density at radius 1 is 1.13 bits per heavy atom. The highest BCUT2D eigenvalue weighted by molar-refractivity contribution is 7.98. The number of aromatic nitrogens is 3. The Bertz CT molecular complexity index is 1320. The monoisotopic (exact) mass is 532 g/mol. The fraction of sp³-hybridized carbons (Fsp3) is 0.333. The first-order chi connectivity index (χ1) is 18.2. The van der Waals surface area contributed by atoms with Gasteiger partial charge in [-0.3, -0.25) is 14.6 Å². The Labute approximate surface area is 227 Å². The summed E-state index contributed by atoms with van der Waals surface area (Å²) in [7, 11) is 3.93. The highest BCUT2D eigenvalue weighted by atomic mass is 32.2. The van der Waals surface area contributed by atoms with Crippen LogP contribution in [0.3, 0.4) is 0 Å². The van der Waals surface area contributed by atoms with Crippen LogP contribution >= 0.6 is 11.8 Å². The van der Waals surface area contributed by atoms with Crippen LogP contribution in [0.1, 0.15) is 43.1 Å². The fourth-order valence-corrected chi connectivity index (χ4v) is 4.38. The van der Waals surface area contributed by atoms with Crippen LogP contribution in [0.4, 0.5) is 11.5 Å². The quantitative estimate of drug-likeness (QED) is 0.249. The number of amides is 2. The minimum atomic E-state index is -0.171. The molecule has 0 spiro atoms. The van der Waals surface area contributed by atoms with Gasteiger partial charge in [0.15, 0.2) is 5.16 Å². The molecule has 1 unspecified atom stereocenters. The molecule has 3 rings (SSSR count). The number of nitrogens with two attached hydrogens (primary N) is 1. The maximum Gasteiger partial charge on any atom is 0.221 e. The van der Waals surface area contributed by atoms with Gasteiger partial charge in [-0.1, -0.05) is 36.9 Å². The number of thioether (sulfide) groups is 1. The van der Waals surface area contributed by atoms with E-state index in [0.717, 1.165) is 17.9 Å². The molecule has 0 aliphatic carbocycles. The van der Waals surface area contributed by atoms with E-state index in [4.69, 9.17) is 10.7 Å². The number of nitrogens with zero attached hydrogens (tertiary/aromatic N) is 5. The zero-order valence-electron chi connectivity index (χ0n) is 22.0. The molecule has 0 saturated carbocycles. The maximum atomic E-state index is 12.3. The average molecular weight is 533 g/mol. The van der Waals surface area contributed by atoms with E-state index in [2.05, 4.69) is 26.7 Å². The number of anilines is 2. The van der Waals surface area contributed by atoms with Gasteiger partial charge in [0, 0.05) is 55.0 Å². The molecular formula is C27H32N8O2S. The average Bonchev–Trinajstić information content (AvgIpc) is 2.87. The molecule has 4 N–H and O–H groups in total. The molecule has 0 fully saturated rings. The van der Waals surface area contributed by atoms with E-state index in [1.165, 1.54) is 18.7 Å². The summed E-state index contributed by atoms with van der Waals surface area (Å²) in [4.78, 5) is 39.2. The predicted octanol–water partition coefficient (Wildman–Crippen LogP) is 3.41. The van der Waals surface area contributed by atoms with Gasteiger partial charge in [-0.15, -0.1) is 0 Å². The van der Waals surface area contributed by atoms with Gasteiger partial charge in [0.05, 0.1) is 11.4 Å². The smallest absolute Gasteiger partial charge is 0.221 e. The van der Waals surface area contributed by atoms with Crippen molar-refractivity contribution in [2.75, 3.05) is 38.2 Å². The second-order valence-electron chi connectivity index (χ2n) is 9.09. The summed E-state index contributed by atoms with van der Waals surface area (Å²) < 4.78 is 0. The third kappa shape index (κ3) is 8.26. The molecule has 0 radical (unpaired) electrons. The number of rotatable bonds is 11. The number of pyridine rings is 1. The number of hydrogen-bond acceptors (Lipinski definition) is 9. The normalized spacial score (nSPS) is 11.6. The van der Waals surface area contributed by atoms with Crippen molar-refractivity contribution in [1.29, 1.82) is 5.26 Å². The summed E-state index contributed by atoms with van der Waals surface area (Å²) in [5.74, 6) is 0.382. The minimum absolute atomic E-state index is 0.0000210. The molecule has 0 saturated heterocycles. The van der Waals surface area contributed by atoms with Gasteiger partial charge in [0.1, 0.15) is 17.5 Å². The lowest BCUT2D eigenvalue weighted by atomic mass is 10.0. The number of nitrogen functional groups attached to an aromatic ring is 1. The summed E-state index contributed by atoms with van der Waals surface area (Å²) in [6.07, 6.45) is 0.358. The van der Waals surface area contributed by atoms with Gasteiger partial charge in [-0.2, -0.15) is 5.26 Å². The molecule has 1 aromatic carbocycles. The first-order valence-corrected chi connectivity index (χ1v) is 13.1. The Morgan fingerprint density at radius 2 is 1.87 bits per heavy atom. The number of nitriles is 1. The lowest BCUT2D eigenvalue weighted by Crippen LogP contribution is -2.31. The molecule has 198 valence electrons. The molecule has 0 aliphatic heterocycles. The third-order valence-electron chi connectivity index (χ3n) is 5.56. The first-order valence-electron chi connectivity index (χ1n) is 12.1. The van der Waals surface area contributed by atoms with Crippen molar-refractivity contribution in [3.8, 4) is 17.3 Å². The number of nitrogens with one attached hydrogen (secondary N) is 2. The maximum absolute atomic E-state index is 12.3. The number of carbonyl (C=O) groups is 2. The van der Waals surface area contributed by atoms with Crippen molar-refractivity contribution in [2.45, 2.75) is 37.1 Å². The second-order valence-corrected chi connectivity index (χ2v) is 10.0. The molecule has 2 amide bonds. The number of carbonyl (C=O) groups excluding carboxylic acids is 2. The highest BCUT2D eigenvalue weighted by Gasteiger charge is 2.16. The summed E-state index contributed by atoms with van der Waals surface area (Å²) in [6, 6.07) is 14.9. The largest absolute Gasteiger partial charge is 0.382 e. The van der Waals surface area contributed by atoms with Crippen molar-refractivity contribution in [3.05, 3.63) is 59.4 Å². The minimum Gasteiger partial charge on any atom is -0.382 e. The SMILES string of the molecule is CC(=O)Nc1ccc(-c2nc(SCc3cccc(C(C)CC(=O)NCCN(C)C)n3)nc(N)c2C#N)cc1. The number of hydrogen-bond donors (Lipinski definition) is 3. The summed E-state index contributed by atoms with van der Waals surface area (Å²) >= 11 is 1.36. The van der Waals surface area contributed by atoms with Crippen LogP contribution in [0.25, 0.3) is 11.3 Å². The van der Waals surface area contributed by atoms with Crippen molar-refractivity contribution in [1.82, 2.24) is 25.2 Å². The molecule has 0 bridgehead atoms. The van der Waals surface area contributed by atoms with Crippen LogP contribution in [0.5, 0.6) is 0 Å². The van der Waals surface area contributed by atoms with Crippen molar-refractivity contribution < 1.29 is 9.59 Å². The van der Waals surface area contributed by atoms with E-state index in [-0.39, 0.29) is 29.1 Å². The lowest BCUT2D eigenvalue weighted by Gasteiger charge is -2.14. The van der Waals surface area contributed by atoms with Gasteiger partial charge in [-0.05, 0) is 38.4 Å². The van der Waals surface area contributed by atoms with E-state index in [1.807, 2.05) is 44.1 Å². The van der Waals surface area contributed by atoms with E-state index in [0.29, 0.717) is 40.8 Å². The van der Waals surface area contributed by atoms with E-state index >= 15 is 0 Å². The Balaban J connectivity index is 1.70. The predicted molar refractivity (Wildman–Crippen MR) is 149 cm³/mol. The molecular weight excluding hydrogens is 500 g/mol. The number of benzene rings is 1. The van der Waals surface area contributed by atoms with Crippen LogP contribution in [-0.2, 0) is 15.3 Å². The second kappa shape index (κ2) is 13.5. The van der Waals surface area contributed by atoms with Crippen LogP contribution < -0.4 is 16.4 Å². The van der Waals surface area contributed by atoms with E-state index < -0.39 is 0 Å². The topological polar surface area (TPSA) is 150 Å².